The highest BCUT2D eigenvalue weighted by Gasteiger charge is 2.19. The van der Waals surface area contributed by atoms with Gasteiger partial charge in [-0.15, -0.1) is 45.3 Å². The van der Waals surface area contributed by atoms with Crippen LogP contribution in [0.25, 0.3) is 51.4 Å². The van der Waals surface area contributed by atoms with Crippen LogP contribution in [0.2, 0.25) is 0 Å². The summed E-state index contributed by atoms with van der Waals surface area (Å²) in [6.07, 6.45) is 12.6. The Morgan fingerprint density at radius 3 is 1.42 bits per heavy atom. The van der Waals surface area contributed by atoms with E-state index in [0.717, 1.165) is 23.9 Å². The van der Waals surface area contributed by atoms with Crippen molar-refractivity contribution in [3.63, 3.8) is 0 Å². The summed E-state index contributed by atoms with van der Waals surface area (Å²) in [5, 5.41) is 0. The average molecular weight is 791 g/mol. The molecule has 0 fully saturated rings. The maximum absolute atomic E-state index is 4.81. The van der Waals surface area contributed by atoms with Crippen LogP contribution in [0.1, 0.15) is 76.3 Å². The monoisotopic (exact) mass is 788 g/mol. The molecule has 0 bridgehead atoms. The summed E-state index contributed by atoms with van der Waals surface area (Å²) in [4.78, 5) is 7.99. The molecule has 6 rings (SSSR count). The fourth-order valence-electron chi connectivity index (χ4n) is 5.54. The molecule has 224 valence electrons. The molecule has 0 spiro atoms. The summed E-state index contributed by atoms with van der Waals surface area (Å²) < 4.78 is 12.0. The van der Waals surface area contributed by atoms with E-state index in [2.05, 4.69) is 94.2 Å². The summed E-state index contributed by atoms with van der Waals surface area (Å²) in [5.41, 5.74) is 7.30. The van der Waals surface area contributed by atoms with Crippen LogP contribution in [0.15, 0.2) is 56.1 Å². The van der Waals surface area contributed by atoms with Crippen molar-refractivity contribution < 1.29 is 0 Å². The summed E-state index contributed by atoms with van der Waals surface area (Å²) >= 11 is 16.3. The second-order valence-electron chi connectivity index (χ2n) is 10.9. The predicted molar refractivity (Wildman–Crippen MR) is 202 cm³/mol. The summed E-state index contributed by atoms with van der Waals surface area (Å²) in [7, 11) is 0. The molecule has 0 saturated carbocycles. The fraction of sp³-hybridized carbons (Fsp3) is 0.353. The Hall–Kier alpha value is -1.20. The summed E-state index contributed by atoms with van der Waals surface area (Å²) in [5.74, 6) is 0. The molecule has 6 aromatic rings. The van der Waals surface area contributed by atoms with Gasteiger partial charge in [-0.2, -0.15) is 8.75 Å². The van der Waals surface area contributed by atoms with Crippen molar-refractivity contribution in [3.05, 3.63) is 67.2 Å². The molecule has 0 radical (unpaired) electrons. The van der Waals surface area contributed by atoms with Crippen LogP contribution in [-0.4, -0.2) is 8.75 Å². The van der Waals surface area contributed by atoms with E-state index in [9.17, 15) is 0 Å². The molecule has 2 nitrogen and oxygen atoms in total. The van der Waals surface area contributed by atoms with Crippen LogP contribution in [0.5, 0.6) is 0 Å². The van der Waals surface area contributed by atoms with E-state index in [1.165, 1.54) is 122 Å². The molecule has 43 heavy (non-hydrogen) atoms. The van der Waals surface area contributed by atoms with Gasteiger partial charge in [0.05, 0.1) is 19.3 Å². The van der Waals surface area contributed by atoms with E-state index in [1.807, 2.05) is 45.3 Å². The average Bonchev–Trinajstić information content (AvgIpc) is 3.83. The minimum Gasteiger partial charge on any atom is -0.172 e. The Balaban J connectivity index is 1.26. The third-order valence-electron chi connectivity index (χ3n) is 7.76. The van der Waals surface area contributed by atoms with Gasteiger partial charge in [0.15, 0.2) is 0 Å². The molecule has 0 aliphatic heterocycles. The van der Waals surface area contributed by atoms with Crippen molar-refractivity contribution >= 4 is 100.0 Å². The molecule has 5 aromatic heterocycles. The highest BCUT2D eigenvalue weighted by atomic mass is 79.9. The van der Waals surface area contributed by atoms with Gasteiger partial charge in [0.1, 0.15) is 11.0 Å². The first-order valence-corrected chi connectivity index (χ1v) is 20.7. The highest BCUT2D eigenvalue weighted by Crippen LogP contribution is 2.46. The number of aryl methyl sites for hydroxylation is 2. The largest absolute Gasteiger partial charge is 0.172 e. The first-order chi connectivity index (χ1) is 21.1. The zero-order valence-electron chi connectivity index (χ0n) is 24.4. The lowest BCUT2D eigenvalue weighted by Gasteiger charge is -2.04. The highest BCUT2D eigenvalue weighted by molar-refractivity contribution is 9.11. The molecule has 1 aromatic carbocycles. The number of halogens is 2. The quantitative estimate of drug-likeness (QED) is 0.103. The number of hydrogen-bond donors (Lipinski definition) is 0. The number of nitrogens with zero attached hydrogens (tertiary/aromatic N) is 2. The maximum atomic E-state index is 4.81. The third kappa shape index (κ3) is 7.29. The Kier molecular flexibility index (Phi) is 11.0. The minimum absolute atomic E-state index is 1.01. The van der Waals surface area contributed by atoms with Crippen molar-refractivity contribution in [1.29, 1.82) is 0 Å². The van der Waals surface area contributed by atoms with Crippen molar-refractivity contribution in [1.82, 2.24) is 8.75 Å². The van der Waals surface area contributed by atoms with Gasteiger partial charge in [-0.25, -0.2) is 0 Å². The topological polar surface area (TPSA) is 25.8 Å². The Morgan fingerprint density at radius 2 is 0.977 bits per heavy atom. The van der Waals surface area contributed by atoms with Gasteiger partial charge in [0.25, 0.3) is 0 Å². The fourth-order valence-corrected chi connectivity index (χ4v) is 11.9. The molecule has 0 N–H and O–H groups in total. The molecule has 0 atom stereocenters. The van der Waals surface area contributed by atoms with Gasteiger partial charge < -0.3 is 0 Å². The van der Waals surface area contributed by atoms with Gasteiger partial charge in [0.2, 0.25) is 0 Å². The van der Waals surface area contributed by atoms with Crippen molar-refractivity contribution in [3.8, 4) is 40.4 Å². The predicted octanol–water partition coefficient (Wildman–Crippen LogP) is 14.4. The number of unbranched alkanes of at least 4 members (excludes halogenated alkanes) is 6. The van der Waals surface area contributed by atoms with E-state index >= 15 is 0 Å². The summed E-state index contributed by atoms with van der Waals surface area (Å²) in [6, 6.07) is 18.3. The lowest BCUT2D eigenvalue weighted by atomic mass is 10.1. The second-order valence-corrected chi connectivity index (χ2v) is 18.4. The molecule has 0 amide bonds. The van der Waals surface area contributed by atoms with Crippen LogP contribution < -0.4 is 0 Å². The number of aromatic nitrogens is 2. The SMILES string of the molecule is CCCCCCc1cc(Br)sc1-c1ccc(-c2ccc(-c3ccc(-c4sc(Br)cc4CCCCCC)s3)c3nsnc23)s1. The zero-order valence-corrected chi connectivity index (χ0v) is 31.6. The molecule has 0 aliphatic rings. The molecule has 9 heteroatoms. The van der Waals surface area contributed by atoms with E-state index in [-0.39, 0.29) is 0 Å². The first-order valence-electron chi connectivity index (χ1n) is 15.1. The third-order valence-corrected chi connectivity index (χ3v) is 14.2. The molecule has 0 unspecified atom stereocenters. The molecular formula is C34H34Br2N2S5. The van der Waals surface area contributed by atoms with Gasteiger partial charge in [-0.1, -0.05) is 64.5 Å². The van der Waals surface area contributed by atoms with Crippen LogP contribution in [0.3, 0.4) is 0 Å². The lowest BCUT2D eigenvalue weighted by Crippen LogP contribution is -1.85. The Labute approximate surface area is 291 Å². The Morgan fingerprint density at radius 1 is 0.535 bits per heavy atom. The van der Waals surface area contributed by atoms with Gasteiger partial charge in [-0.05, 0) is 105 Å². The van der Waals surface area contributed by atoms with Crippen LogP contribution in [0, 0.1) is 0 Å². The van der Waals surface area contributed by atoms with Crippen molar-refractivity contribution in [2.75, 3.05) is 0 Å². The van der Waals surface area contributed by atoms with Gasteiger partial charge >= 0.3 is 0 Å². The first kappa shape index (κ1) is 31.8. The van der Waals surface area contributed by atoms with E-state index < -0.39 is 0 Å². The van der Waals surface area contributed by atoms with Gasteiger partial charge in [0, 0.05) is 40.4 Å². The second kappa shape index (κ2) is 14.9. The number of rotatable bonds is 14. The molecular weight excluding hydrogens is 757 g/mol. The number of fused-ring (bicyclic) bond motifs is 1. The Bertz CT molecular complexity index is 1680. The van der Waals surface area contributed by atoms with Crippen LogP contribution in [-0.2, 0) is 12.8 Å². The van der Waals surface area contributed by atoms with Crippen molar-refractivity contribution in [2.45, 2.75) is 78.1 Å². The standard InChI is InChI=1S/C34H34Br2N2S5/c1-3-5-7-9-11-21-19-29(35)41-33(21)27-17-15-25(39-27)23-13-14-24(32-31(23)37-43-38-32)26-16-18-28(40-26)34-22(20-30(36)42-34)12-10-8-6-4-2/h13-20H,3-12H2,1-2H3. The van der Waals surface area contributed by atoms with Crippen LogP contribution in [0.4, 0.5) is 0 Å². The maximum Gasteiger partial charge on any atom is 0.114 e. The molecule has 0 aliphatic carbocycles. The van der Waals surface area contributed by atoms with E-state index in [4.69, 9.17) is 8.75 Å². The smallest absolute Gasteiger partial charge is 0.114 e. The summed E-state index contributed by atoms with van der Waals surface area (Å²) in [6.45, 7) is 4.55. The zero-order chi connectivity index (χ0) is 29.8. The normalized spacial score (nSPS) is 11.7. The number of hydrogen-bond acceptors (Lipinski definition) is 7. The van der Waals surface area contributed by atoms with Crippen LogP contribution >= 0.6 is 88.9 Å². The van der Waals surface area contributed by atoms with E-state index in [0.29, 0.717) is 0 Å². The number of thiophene rings is 4. The molecule has 5 heterocycles. The van der Waals surface area contributed by atoms with E-state index in [1.54, 1.807) is 0 Å². The van der Waals surface area contributed by atoms with Gasteiger partial charge in [-0.3, -0.25) is 0 Å². The lowest BCUT2D eigenvalue weighted by molar-refractivity contribution is 0.668. The number of benzene rings is 1. The minimum atomic E-state index is 1.01. The van der Waals surface area contributed by atoms with Crippen molar-refractivity contribution in [2.24, 2.45) is 0 Å². The molecule has 0 saturated heterocycles.